The quantitative estimate of drug-likeness (QED) is 0.842. The first kappa shape index (κ1) is 15.0. The molecule has 0 spiro atoms. The Balaban J connectivity index is 2.03. The molecule has 0 aliphatic heterocycles. The van der Waals surface area contributed by atoms with Crippen molar-refractivity contribution in [1.29, 1.82) is 0 Å². The molecule has 4 heteroatoms. The van der Waals surface area contributed by atoms with Crippen molar-refractivity contribution in [3.8, 4) is 5.75 Å². The Morgan fingerprint density at radius 2 is 1.90 bits per heavy atom. The summed E-state index contributed by atoms with van der Waals surface area (Å²) >= 11 is 0. The summed E-state index contributed by atoms with van der Waals surface area (Å²) in [6, 6.07) is 13.3. The lowest BCUT2D eigenvalue weighted by atomic mass is 10.1. The summed E-state index contributed by atoms with van der Waals surface area (Å²) in [6.45, 7) is 3.01. The van der Waals surface area contributed by atoms with Crippen LogP contribution in [0.3, 0.4) is 0 Å². The Kier molecular flexibility index (Phi) is 4.93. The van der Waals surface area contributed by atoms with Gasteiger partial charge in [-0.1, -0.05) is 18.2 Å². The van der Waals surface area contributed by atoms with Crippen molar-refractivity contribution in [2.75, 3.05) is 13.7 Å². The van der Waals surface area contributed by atoms with Gasteiger partial charge < -0.3 is 9.64 Å². The van der Waals surface area contributed by atoms with Gasteiger partial charge >= 0.3 is 0 Å². The number of rotatable bonds is 5. The van der Waals surface area contributed by atoms with Crippen molar-refractivity contribution in [3.05, 3.63) is 65.5 Å². The van der Waals surface area contributed by atoms with Gasteiger partial charge in [-0.05, 0) is 42.8 Å². The second-order valence-corrected chi connectivity index (χ2v) is 4.75. The molecule has 2 rings (SSSR count). The maximum atomic E-state index is 13.2. The number of halogens is 1. The molecule has 0 aliphatic rings. The zero-order valence-corrected chi connectivity index (χ0v) is 12.2. The molecule has 110 valence electrons. The van der Waals surface area contributed by atoms with Gasteiger partial charge in [0.15, 0.2) is 0 Å². The Morgan fingerprint density at radius 3 is 2.52 bits per heavy atom. The third-order valence-electron chi connectivity index (χ3n) is 3.07. The first-order chi connectivity index (χ1) is 10.1. The fourth-order valence-corrected chi connectivity index (χ4v) is 2.05. The number of hydrogen-bond donors (Lipinski definition) is 0. The van der Waals surface area contributed by atoms with E-state index in [0.29, 0.717) is 18.7 Å². The summed E-state index contributed by atoms with van der Waals surface area (Å²) in [5.74, 6) is 0.194. The van der Waals surface area contributed by atoms with E-state index in [1.165, 1.54) is 18.2 Å². The SMILES string of the molecule is CCOc1ccc(CN(C)C(=O)c2cccc(F)c2)cc1. The molecule has 0 aromatic heterocycles. The van der Waals surface area contributed by atoms with Crippen LogP contribution in [0.2, 0.25) is 0 Å². The zero-order chi connectivity index (χ0) is 15.2. The smallest absolute Gasteiger partial charge is 0.253 e. The minimum absolute atomic E-state index is 0.205. The fraction of sp³-hybridized carbons (Fsp3) is 0.235. The minimum Gasteiger partial charge on any atom is -0.494 e. The van der Waals surface area contributed by atoms with Crippen molar-refractivity contribution in [2.24, 2.45) is 0 Å². The fourth-order valence-electron chi connectivity index (χ4n) is 2.05. The van der Waals surface area contributed by atoms with E-state index in [2.05, 4.69) is 0 Å². The van der Waals surface area contributed by atoms with Crippen LogP contribution in [0.25, 0.3) is 0 Å². The Bertz CT molecular complexity index is 610. The highest BCUT2D eigenvalue weighted by Crippen LogP contribution is 2.14. The van der Waals surface area contributed by atoms with Crippen LogP contribution in [0.15, 0.2) is 48.5 Å². The maximum absolute atomic E-state index is 13.2. The van der Waals surface area contributed by atoms with Crippen molar-refractivity contribution < 1.29 is 13.9 Å². The molecule has 0 saturated heterocycles. The van der Waals surface area contributed by atoms with E-state index in [1.807, 2.05) is 31.2 Å². The lowest BCUT2D eigenvalue weighted by Crippen LogP contribution is -2.26. The number of hydrogen-bond acceptors (Lipinski definition) is 2. The predicted octanol–water partition coefficient (Wildman–Crippen LogP) is 3.50. The molecule has 0 bridgehead atoms. The second kappa shape index (κ2) is 6.88. The molecule has 2 aromatic carbocycles. The van der Waals surface area contributed by atoms with Gasteiger partial charge in [0.1, 0.15) is 11.6 Å². The molecule has 0 atom stereocenters. The zero-order valence-electron chi connectivity index (χ0n) is 12.2. The molecule has 1 amide bonds. The topological polar surface area (TPSA) is 29.5 Å². The number of carbonyl (C=O) groups is 1. The van der Waals surface area contributed by atoms with Gasteiger partial charge in [-0.3, -0.25) is 4.79 Å². The van der Waals surface area contributed by atoms with Crippen LogP contribution in [0.5, 0.6) is 5.75 Å². The van der Waals surface area contributed by atoms with E-state index < -0.39 is 5.82 Å². The summed E-state index contributed by atoms with van der Waals surface area (Å²) in [6.07, 6.45) is 0. The number of carbonyl (C=O) groups excluding carboxylic acids is 1. The van der Waals surface area contributed by atoms with Crippen molar-refractivity contribution in [2.45, 2.75) is 13.5 Å². The van der Waals surface area contributed by atoms with Crippen LogP contribution in [0.4, 0.5) is 4.39 Å². The molecular formula is C17H18FNO2. The largest absolute Gasteiger partial charge is 0.494 e. The van der Waals surface area contributed by atoms with Gasteiger partial charge in [-0.15, -0.1) is 0 Å². The van der Waals surface area contributed by atoms with Crippen LogP contribution in [-0.2, 0) is 6.54 Å². The molecule has 3 nitrogen and oxygen atoms in total. The van der Waals surface area contributed by atoms with Gasteiger partial charge in [-0.2, -0.15) is 0 Å². The number of benzene rings is 2. The first-order valence-corrected chi connectivity index (χ1v) is 6.83. The number of amides is 1. The van der Waals surface area contributed by atoms with Gasteiger partial charge in [0.25, 0.3) is 5.91 Å². The highest BCUT2D eigenvalue weighted by atomic mass is 19.1. The third-order valence-corrected chi connectivity index (χ3v) is 3.07. The standard InChI is InChI=1S/C17H18FNO2/c1-3-21-16-9-7-13(8-10-16)12-19(2)17(20)14-5-4-6-15(18)11-14/h4-11H,3,12H2,1-2H3. The molecule has 0 radical (unpaired) electrons. The Morgan fingerprint density at radius 1 is 1.19 bits per heavy atom. The van der Waals surface area contributed by atoms with E-state index in [9.17, 15) is 9.18 Å². The van der Waals surface area contributed by atoms with Crippen molar-refractivity contribution in [3.63, 3.8) is 0 Å². The monoisotopic (exact) mass is 287 g/mol. The van der Waals surface area contributed by atoms with E-state index in [1.54, 1.807) is 18.0 Å². The van der Waals surface area contributed by atoms with E-state index in [0.717, 1.165) is 11.3 Å². The normalized spacial score (nSPS) is 10.2. The molecule has 0 aliphatic carbocycles. The van der Waals surface area contributed by atoms with Crippen molar-refractivity contribution >= 4 is 5.91 Å². The molecular weight excluding hydrogens is 269 g/mol. The number of nitrogens with zero attached hydrogens (tertiary/aromatic N) is 1. The number of ether oxygens (including phenoxy) is 1. The highest BCUT2D eigenvalue weighted by molar-refractivity contribution is 5.94. The summed E-state index contributed by atoms with van der Waals surface area (Å²) in [4.78, 5) is 13.8. The Labute approximate surface area is 124 Å². The minimum atomic E-state index is -0.407. The molecule has 0 unspecified atom stereocenters. The van der Waals surface area contributed by atoms with E-state index in [-0.39, 0.29) is 5.91 Å². The van der Waals surface area contributed by atoms with Crippen LogP contribution in [0, 0.1) is 5.82 Å². The molecule has 0 N–H and O–H groups in total. The van der Waals surface area contributed by atoms with Gasteiger partial charge in [0.2, 0.25) is 0 Å². The summed E-state index contributed by atoms with van der Waals surface area (Å²) < 4.78 is 18.5. The van der Waals surface area contributed by atoms with Gasteiger partial charge in [0.05, 0.1) is 6.61 Å². The van der Waals surface area contributed by atoms with E-state index >= 15 is 0 Å². The lowest BCUT2D eigenvalue weighted by Gasteiger charge is -2.17. The van der Waals surface area contributed by atoms with Crippen LogP contribution in [-0.4, -0.2) is 24.5 Å². The summed E-state index contributed by atoms with van der Waals surface area (Å²) in [7, 11) is 1.70. The summed E-state index contributed by atoms with van der Waals surface area (Å²) in [5.41, 5.74) is 1.34. The maximum Gasteiger partial charge on any atom is 0.253 e. The average molecular weight is 287 g/mol. The highest BCUT2D eigenvalue weighted by Gasteiger charge is 2.12. The second-order valence-electron chi connectivity index (χ2n) is 4.75. The lowest BCUT2D eigenvalue weighted by molar-refractivity contribution is 0.0784. The third kappa shape index (κ3) is 4.05. The molecule has 2 aromatic rings. The van der Waals surface area contributed by atoms with Crippen LogP contribution in [0.1, 0.15) is 22.8 Å². The summed E-state index contributed by atoms with van der Waals surface area (Å²) in [5, 5.41) is 0. The van der Waals surface area contributed by atoms with E-state index in [4.69, 9.17) is 4.74 Å². The first-order valence-electron chi connectivity index (χ1n) is 6.83. The average Bonchev–Trinajstić information content (AvgIpc) is 2.48. The van der Waals surface area contributed by atoms with Gasteiger partial charge in [0, 0.05) is 19.2 Å². The van der Waals surface area contributed by atoms with Crippen LogP contribution < -0.4 is 4.74 Å². The van der Waals surface area contributed by atoms with Crippen LogP contribution >= 0.6 is 0 Å². The molecule has 21 heavy (non-hydrogen) atoms. The Hall–Kier alpha value is -2.36. The molecule has 0 saturated carbocycles. The predicted molar refractivity (Wildman–Crippen MR) is 79.8 cm³/mol. The molecule has 0 fully saturated rings. The van der Waals surface area contributed by atoms with Gasteiger partial charge in [-0.25, -0.2) is 4.39 Å². The van der Waals surface area contributed by atoms with Crippen molar-refractivity contribution in [1.82, 2.24) is 4.90 Å². The molecule has 0 heterocycles.